The average molecular weight is 500 g/mol. The fourth-order valence-corrected chi connectivity index (χ4v) is 6.09. The molecule has 0 radical (unpaired) electrons. The zero-order chi connectivity index (χ0) is 22.2. The largest absolute Gasteiger partial charge is 0.394 e. The molecule has 32 heavy (non-hydrogen) atoms. The monoisotopic (exact) mass is 499 g/mol. The second-order valence-corrected chi connectivity index (χ2v) is 10.4. The fraction of sp³-hybridized carbons (Fsp3) is 0.556. The van der Waals surface area contributed by atoms with Gasteiger partial charge in [-0.05, 0) is 24.4 Å². The van der Waals surface area contributed by atoms with Gasteiger partial charge in [-0.3, -0.25) is 4.57 Å². The average Bonchev–Trinajstić information content (AvgIpc) is 3.50. The highest BCUT2D eigenvalue weighted by atomic mass is 35.5. The van der Waals surface area contributed by atoms with Gasteiger partial charge in [0.25, 0.3) is 0 Å². The fourth-order valence-electron chi connectivity index (χ4n) is 3.91. The number of aliphatic hydroxyl groups excluding tert-OH is 3. The zero-order valence-corrected chi connectivity index (χ0v) is 19.2. The van der Waals surface area contributed by atoms with Gasteiger partial charge in [-0.1, -0.05) is 11.8 Å². The molecule has 4 atom stereocenters. The minimum absolute atomic E-state index is 0.0164. The van der Waals surface area contributed by atoms with E-state index in [0.29, 0.717) is 22.2 Å². The van der Waals surface area contributed by atoms with Gasteiger partial charge in [0.2, 0.25) is 5.28 Å². The summed E-state index contributed by atoms with van der Waals surface area (Å²) >= 11 is 9.66. The number of thioether (sulfide) groups is 1. The second kappa shape index (κ2) is 9.35. The number of nitrogens with one attached hydrogen (secondary N) is 1. The zero-order valence-electron chi connectivity index (χ0n) is 16.8. The number of rotatable bonds is 6. The Morgan fingerprint density at radius 3 is 2.72 bits per heavy atom. The highest BCUT2D eigenvalue weighted by molar-refractivity contribution is 8.01. The number of ether oxygens (including phenoxy) is 1. The maximum atomic E-state index is 10.4. The van der Waals surface area contributed by atoms with Gasteiger partial charge in [0.05, 0.1) is 12.9 Å². The third-order valence-electron chi connectivity index (χ3n) is 5.57. The van der Waals surface area contributed by atoms with Gasteiger partial charge in [-0.2, -0.15) is 9.97 Å². The van der Waals surface area contributed by atoms with Crippen molar-refractivity contribution in [3.8, 4) is 0 Å². The number of aromatic nitrogens is 5. The topological polar surface area (TPSA) is 142 Å². The van der Waals surface area contributed by atoms with E-state index in [2.05, 4.69) is 30.4 Å². The van der Waals surface area contributed by atoms with E-state index >= 15 is 0 Å². The number of imidazole rings is 1. The molecule has 0 amide bonds. The minimum atomic E-state index is -1.25. The first kappa shape index (κ1) is 22.2. The lowest BCUT2D eigenvalue weighted by atomic mass is 10.1. The van der Waals surface area contributed by atoms with Crippen molar-refractivity contribution in [2.75, 3.05) is 25.1 Å². The van der Waals surface area contributed by atoms with Crippen LogP contribution in [-0.4, -0.2) is 88.1 Å². The van der Waals surface area contributed by atoms with Crippen LogP contribution in [0.2, 0.25) is 5.28 Å². The van der Waals surface area contributed by atoms with Crippen molar-refractivity contribution in [2.45, 2.75) is 47.0 Å². The molecule has 5 rings (SSSR count). The molecule has 4 N–H and O–H groups in total. The van der Waals surface area contributed by atoms with Crippen LogP contribution in [0.15, 0.2) is 22.2 Å². The predicted octanol–water partition coefficient (Wildman–Crippen LogP) is 1.13. The number of piperidine rings is 1. The van der Waals surface area contributed by atoms with Crippen LogP contribution in [0, 0.1) is 0 Å². The molecule has 3 aromatic heterocycles. The maximum absolute atomic E-state index is 10.4. The van der Waals surface area contributed by atoms with Crippen LogP contribution in [0.4, 0.5) is 5.82 Å². The molecule has 14 heteroatoms. The number of fused-ring (bicyclic) bond motifs is 1. The van der Waals surface area contributed by atoms with Crippen molar-refractivity contribution in [1.29, 1.82) is 0 Å². The van der Waals surface area contributed by atoms with E-state index in [1.54, 1.807) is 11.3 Å². The quantitative estimate of drug-likeness (QED) is 0.362. The molecule has 172 valence electrons. The Kier molecular flexibility index (Phi) is 6.49. The van der Waals surface area contributed by atoms with Crippen LogP contribution in [0.25, 0.3) is 11.2 Å². The lowest BCUT2D eigenvalue weighted by Crippen LogP contribution is -2.39. The molecule has 0 spiro atoms. The molecule has 3 aromatic rings. The van der Waals surface area contributed by atoms with E-state index < -0.39 is 31.1 Å². The number of hydrazine groups is 1. The van der Waals surface area contributed by atoms with Gasteiger partial charge in [0.1, 0.15) is 22.7 Å². The van der Waals surface area contributed by atoms with Crippen molar-refractivity contribution >= 4 is 51.7 Å². The summed E-state index contributed by atoms with van der Waals surface area (Å²) in [5.41, 5.74) is 4.12. The molecule has 2 saturated heterocycles. The van der Waals surface area contributed by atoms with E-state index in [-0.39, 0.29) is 5.28 Å². The summed E-state index contributed by atoms with van der Waals surface area (Å²) in [7, 11) is 0. The number of hydrogen-bond acceptors (Lipinski definition) is 12. The number of nitrogens with zero attached hydrogens (tertiary/aromatic N) is 6. The van der Waals surface area contributed by atoms with Crippen molar-refractivity contribution in [2.24, 2.45) is 0 Å². The first-order valence-corrected chi connectivity index (χ1v) is 12.3. The molecular formula is C18H22ClN7O4S2. The Labute approximate surface area is 196 Å². The van der Waals surface area contributed by atoms with Crippen molar-refractivity contribution in [1.82, 2.24) is 29.5 Å². The van der Waals surface area contributed by atoms with E-state index in [9.17, 15) is 15.3 Å². The van der Waals surface area contributed by atoms with E-state index in [4.69, 9.17) is 16.3 Å². The molecule has 11 nitrogen and oxygen atoms in total. The molecule has 0 bridgehead atoms. The van der Waals surface area contributed by atoms with Crippen molar-refractivity contribution in [3.63, 3.8) is 0 Å². The number of aliphatic hydroxyl groups is 3. The third kappa shape index (κ3) is 4.31. The van der Waals surface area contributed by atoms with Crippen molar-refractivity contribution < 1.29 is 20.1 Å². The number of anilines is 1. The van der Waals surface area contributed by atoms with Gasteiger partial charge >= 0.3 is 0 Å². The minimum Gasteiger partial charge on any atom is -0.394 e. The lowest BCUT2D eigenvalue weighted by molar-refractivity contribution is -0.0511. The summed E-state index contributed by atoms with van der Waals surface area (Å²) in [6.07, 6.45) is 0.956. The molecule has 0 unspecified atom stereocenters. The highest BCUT2D eigenvalue weighted by Gasteiger charge is 2.44. The van der Waals surface area contributed by atoms with Gasteiger partial charge in [0.15, 0.2) is 23.2 Å². The smallest absolute Gasteiger partial charge is 0.226 e. The van der Waals surface area contributed by atoms with Crippen LogP contribution in [0.1, 0.15) is 19.1 Å². The van der Waals surface area contributed by atoms with E-state index in [0.717, 1.165) is 30.3 Å². The molecule has 0 aromatic carbocycles. The third-order valence-corrected chi connectivity index (χ3v) is 7.99. The Balaban J connectivity index is 1.31. The summed E-state index contributed by atoms with van der Waals surface area (Å²) in [6, 6.07) is 0. The first-order valence-electron chi connectivity index (χ1n) is 10.1. The molecule has 0 saturated carbocycles. The molecule has 2 aliphatic rings. The molecule has 5 heterocycles. The van der Waals surface area contributed by atoms with E-state index in [1.807, 2.05) is 23.3 Å². The highest BCUT2D eigenvalue weighted by Crippen LogP contribution is 2.34. The van der Waals surface area contributed by atoms with Gasteiger partial charge in [-0.25, -0.2) is 15.0 Å². The maximum Gasteiger partial charge on any atom is 0.226 e. The summed E-state index contributed by atoms with van der Waals surface area (Å²) in [5, 5.41) is 34.4. The Morgan fingerprint density at radius 1 is 1.22 bits per heavy atom. The van der Waals surface area contributed by atoms with E-state index in [1.165, 1.54) is 10.9 Å². The number of thiazole rings is 1. The summed E-state index contributed by atoms with van der Waals surface area (Å²) in [5.74, 6) is 0.455. The summed E-state index contributed by atoms with van der Waals surface area (Å²) in [6.45, 7) is 1.23. The van der Waals surface area contributed by atoms with Crippen LogP contribution in [-0.2, 0) is 4.74 Å². The molecule has 2 aliphatic heterocycles. The van der Waals surface area contributed by atoms with Crippen molar-refractivity contribution in [3.05, 3.63) is 23.2 Å². The first-order chi connectivity index (χ1) is 15.5. The Bertz CT molecular complexity index is 1060. The van der Waals surface area contributed by atoms with Crippen LogP contribution >= 0.6 is 34.7 Å². The predicted molar refractivity (Wildman–Crippen MR) is 120 cm³/mol. The second-order valence-electron chi connectivity index (χ2n) is 7.61. The van der Waals surface area contributed by atoms with Gasteiger partial charge < -0.3 is 25.5 Å². The van der Waals surface area contributed by atoms with Crippen LogP contribution < -0.4 is 5.43 Å². The Hall–Kier alpha value is -1.58. The number of hydrogen-bond donors (Lipinski definition) is 4. The van der Waals surface area contributed by atoms with Crippen LogP contribution in [0.3, 0.4) is 0 Å². The van der Waals surface area contributed by atoms with Crippen LogP contribution in [0.5, 0.6) is 0 Å². The summed E-state index contributed by atoms with van der Waals surface area (Å²) < 4.78 is 8.19. The normalized spacial score (nSPS) is 27.4. The van der Waals surface area contributed by atoms with Gasteiger partial charge in [0, 0.05) is 29.9 Å². The van der Waals surface area contributed by atoms with Gasteiger partial charge in [-0.15, -0.1) is 11.3 Å². The SMILES string of the molecule is OC[C@H]1O[C@@H](n2cnc3c(NN4CCC(Sc5nccs5)CC4)nc(Cl)nc32)[C@H](O)[C@@H]1O. The Morgan fingerprint density at radius 2 is 2.03 bits per heavy atom. The standard InChI is InChI=1S/C18H22ClN7O4S2/c19-17-22-14(24-25-4-1-9(2-5-25)32-18-20-3-6-31-18)11-15(23-17)26(8-21-11)16-13(29)12(28)10(7-27)30-16/h3,6,8-10,12-13,16,27-29H,1-2,4-5,7H2,(H,22,23,24)/t10-,12-,13-,16-/m1/s1. The molecule has 0 aliphatic carbocycles. The lowest BCUT2D eigenvalue weighted by Gasteiger charge is -2.31. The summed E-state index contributed by atoms with van der Waals surface area (Å²) in [4.78, 5) is 17.3. The number of halogens is 1. The molecular weight excluding hydrogens is 478 g/mol. The molecule has 2 fully saturated rings.